The molecule has 3 aromatic rings. The molecule has 0 aliphatic heterocycles. The molecule has 0 aliphatic rings. The van der Waals surface area contributed by atoms with Crippen molar-refractivity contribution in [2.45, 2.75) is 19.4 Å². The summed E-state index contributed by atoms with van der Waals surface area (Å²) in [5, 5.41) is 3.35. The van der Waals surface area contributed by atoms with Gasteiger partial charge in [-0.2, -0.15) is 0 Å². The van der Waals surface area contributed by atoms with Crippen molar-refractivity contribution in [1.82, 2.24) is 9.97 Å². The third-order valence-corrected chi connectivity index (χ3v) is 3.36. The highest BCUT2D eigenvalue weighted by Crippen LogP contribution is 2.24. The number of H-pyrrole nitrogens is 2. The van der Waals surface area contributed by atoms with Gasteiger partial charge < -0.3 is 19.7 Å². The third-order valence-electron chi connectivity index (χ3n) is 3.36. The molecular weight excluding hydrogens is 270 g/mol. The summed E-state index contributed by atoms with van der Waals surface area (Å²) in [7, 11) is 0. The van der Waals surface area contributed by atoms with E-state index in [2.05, 4.69) is 22.2 Å². The Bertz CT molecular complexity index is 862. The van der Waals surface area contributed by atoms with Crippen LogP contribution >= 0.6 is 0 Å². The van der Waals surface area contributed by atoms with E-state index in [0.29, 0.717) is 11.0 Å². The number of rotatable bonds is 4. The Morgan fingerprint density at radius 1 is 1.14 bits per heavy atom. The number of nitrogens with one attached hydrogen (secondary N) is 3. The van der Waals surface area contributed by atoms with Crippen molar-refractivity contribution in [3.63, 3.8) is 0 Å². The first-order chi connectivity index (χ1) is 10.2. The van der Waals surface area contributed by atoms with Crippen LogP contribution in [0.15, 0.2) is 50.6 Å². The molecule has 3 N–H and O–H groups in total. The van der Waals surface area contributed by atoms with E-state index in [-0.39, 0.29) is 6.04 Å². The number of hydrogen-bond acceptors (Lipinski definition) is 4. The zero-order valence-electron chi connectivity index (χ0n) is 11.5. The molecule has 6 heteroatoms. The number of aromatic amines is 2. The monoisotopic (exact) mass is 285 g/mol. The summed E-state index contributed by atoms with van der Waals surface area (Å²) in [5.74, 6) is 0.854. The predicted molar refractivity (Wildman–Crippen MR) is 80.6 cm³/mol. The van der Waals surface area contributed by atoms with Crippen molar-refractivity contribution in [3.8, 4) is 0 Å². The zero-order chi connectivity index (χ0) is 14.8. The summed E-state index contributed by atoms with van der Waals surface area (Å²) < 4.78 is 5.41. The molecule has 0 spiro atoms. The summed E-state index contributed by atoms with van der Waals surface area (Å²) in [5.41, 5.74) is 0.714. The van der Waals surface area contributed by atoms with Gasteiger partial charge in [-0.3, -0.25) is 9.59 Å². The van der Waals surface area contributed by atoms with Crippen molar-refractivity contribution in [1.29, 1.82) is 0 Å². The number of furan rings is 1. The molecule has 108 valence electrons. The van der Waals surface area contributed by atoms with Gasteiger partial charge in [-0.25, -0.2) is 0 Å². The van der Waals surface area contributed by atoms with E-state index in [0.717, 1.165) is 17.9 Å². The minimum absolute atomic E-state index is 0.0481. The lowest BCUT2D eigenvalue weighted by molar-refractivity contribution is 0.474. The molecule has 0 radical (unpaired) electrons. The fourth-order valence-corrected chi connectivity index (χ4v) is 2.27. The van der Waals surface area contributed by atoms with Crippen molar-refractivity contribution < 1.29 is 4.42 Å². The van der Waals surface area contributed by atoms with Crippen LogP contribution < -0.4 is 16.4 Å². The Balaban J connectivity index is 1.95. The number of benzene rings is 1. The van der Waals surface area contributed by atoms with Gasteiger partial charge in [-0.15, -0.1) is 0 Å². The highest BCUT2D eigenvalue weighted by molar-refractivity contribution is 5.78. The molecule has 0 amide bonds. The number of anilines is 1. The molecule has 3 rings (SSSR count). The van der Waals surface area contributed by atoms with Crippen LogP contribution in [-0.4, -0.2) is 9.97 Å². The van der Waals surface area contributed by atoms with Crippen LogP contribution in [0.1, 0.15) is 25.1 Å². The first-order valence-electron chi connectivity index (χ1n) is 6.73. The van der Waals surface area contributed by atoms with E-state index in [1.807, 2.05) is 18.2 Å². The zero-order valence-corrected chi connectivity index (χ0v) is 11.5. The Morgan fingerprint density at radius 2 is 1.90 bits per heavy atom. The molecule has 0 saturated carbocycles. The van der Waals surface area contributed by atoms with E-state index in [1.54, 1.807) is 18.4 Å². The quantitative estimate of drug-likeness (QED) is 0.642. The number of fused-ring (bicyclic) bond motifs is 1. The normalized spacial score (nSPS) is 12.4. The Morgan fingerprint density at radius 3 is 2.57 bits per heavy atom. The lowest BCUT2D eigenvalue weighted by atomic mass is 10.1. The van der Waals surface area contributed by atoms with E-state index < -0.39 is 11.1 Å². The van der Waals surface area contributed by atoms with Gasteiger partial charge in [0, 0.05) is 5.69 Å². The van der Waals surface area contributed by atoms with E-state index in [9.17, 15) is 9.59 Å². The fourth-order valence-electron chi connectivity index (χ4n) is 2.27. The third kappa shape index (κ3) is 2.60. The summed E-state index contributed by atoms with van der Waals surface area (Å²) in [6.45, 7) is 2.06. The topological polar surface area (TPSA) is 90.9 Å². The van der Waals surface area contributed by atoms with Crippen molar-refractivity contribution in [2.75, 3.05) is 5.32 Å². The maximum atomic E-state index is 11.4. The standard InChI is InChI=1S/C15H15N3O3/c1-2-10(13-4-3-7-21-13)16-9-5-6-11-12(8-9)18-15(20)14(19)17-11/h3-8,10,16H,2H2,1H3,(H,17,19)(H,18,20). The summed E-state index contributed by atoms with van der Waals surface area (Å²) in [6.07, 6.45) is 2.50. The van der Waals surface area contributed by atoms with E-state index in [4.69, 9.17) is 4.42 Å². The highest BCUT2D eigenvalue weighted by atomic mass is 16.3. The Labute approximate surface area is 119 Å². The minimum Gasteiger partial charge on any atom is -0.467 e. The highest BCUT2D eigenvalue weighted by Gasteiger charge is 2.12. The average Bonchev–Trinajstić information content (AvgIpc) is 3.00. The average molecular weight is 285 g/mol. The lowest BCUT2D eigenvalue weighted by Crippen LogP contribution is -2.28. The maximum absolute atomic E-state index is 11.4. The van der Waals surface area contributed by atoms with Gasteiger partial charge in [-0.1, -0.05) is 6.92 Å². The van der Waals surface area contributed by atoms with Crippen molar-refractivity contribution in [2.24, 2.45) is 0 Å². The maximum Gasteiger partial charge on any atom is 0.314 e. The number of hydrogen-bond donors (Lipinski definition) is 3. The second-order valence-corrected chi connectivity index (χ2v) is 4.79. The van der Waals surface area contributed by atoms with Crippen LogP contribution in [0.5, 0.6) is 0 Å². The largest absolute Gasteiger partial charge is 0.467 e. The molecule has 0 aliphatic carbocycles. The molecule has 1 unspecified atom stereocenters. The van der Waals surface area contributed by atoms with Crippen LogP contribution in [0.3, 0.4) is 0 Å². The van der Waals surface area contributed by atoms with Crippen molar-refractivity contribution in [3.05, 3.63) is 63.1 Å². The molecule has 1 aromatic carbocycles. The molecule has 21 heavy (non-hydrogen) atoms. The second kappa shape index (κ2) is 5.32. The van der Waals surface area contributed by atoms with Crippen LogP contribution in [0.4, 0.5) is 5.69 Å². The Hall–Kier alpha value is -2.76. The van der Waals surface area contributed by atoms with Crippen LogP contribution in [0, 0.1) is 0 Å². The van der Waals surface area contributed by atoms with Gasteiger partial charge in [0.2, 0.25) is 0 Å². The smallest absolute Gasteiger partial charge is 0.314 e. The first kappa shape index (κ1) is 13.2. The second-order valence-electron chi connectivity index (χ2n) is 4.79. The molecule has 2 aromatic heterocycles. The Kier molecular flexibility index (Phi) is 3.35. The first-order valence-corrected chi connectivity index (χ1v) is 6.73. The van der Waals surface area contributed by atoms with E-state index >= 15 is 0 Å². The van der Waals surface area contributed by atoms with Gasteiger partial charge >= 0.3 is 11.1 Å². The van der Waals surface area contributed by atoms with Crippen LogP contribution in [-0.2, 0) is 0 Å². The summed E-state index contributed by atoms with van der Waals surface area (Å²) in [4.78, 5) is 27.7. The summed E-state index contributed by atoms with van der Waals surface area (Å²) >= 11 is 0. The molecule has 0 bridgehead atoms. The molecule has 6 nitrogen and oxygen atoms in total. The van der Waals surface area contributed by atoms with Gasteiger partial charge in [-0.05, 0) is 36.8 Å². The summed E-state index contributed by atoms with van der Waals surface area (Å²) in [6, 6.07) is 9.21. The minimum atomic E-state index is -0.655. The molecule has 1 atom stereocenters. The fraction of sp³-hybridized carbons (Fsp3) is 0.200. The molecule has 0 saturated heterocycles. The lowest BCUT2D eigenvalue weighted by Gasteiger charge is -2.16. The van der Waals surface area contributed by atoms with Crippen molar-refractivity contribution >= 4 is 16.7 Å². The van der Waals surface area contributed by atoms with Gasteiger partial charge in [0.1, 0.15) is 5.76 Å². The SMILES string of the molecule is CCC(Nc1ccc2[nH]c(=O)c(=O)[nH]c2c1)c1ccco1. The van der Waals surface area contributed by atoms with Gasteiger partial charge in [0.05, 0.1) is 23.3 Å². The number of aromatic nitrogens is 2. The molecule has 0 fully saturated rings. The predicted octanol–water partition coefficient (Wildman–Crippen LogP) is 2.37. The van der Waals surface area contributed by atoms with Crippen LogP contribution in [0.2, 0.25) is 0 Å². The van der Waals surface area contributed by atoms with Crippen LogP contribution in [0.25, 0.3) is 11.0 Å². The molecule has 2 heterocycles. The van der Waals surface area contributed by atoms with Gasteiger partial charge in [0.25, 0.3) is 0 Å². The van der Waals surface area contributed by atoms with Gasteiger partial charge in [0.15, 0.2) is 0 Å². The van der Waals surface area contributed by atoms with E-state index in [1.165, 1.54) is 0 Å². The molecular formula is C15H15N3O3.